The van der Waals surface area contributed by atoms with Gasteiger partial charge in [0.15, 0.2) is 0 Å². The molecule has 0 fully saturated rings. The molecule has 1 aromatic carbocycles. The van der Waals surface area contributed by atoms with Crippen molar-refractivity contribution in [2.24, 2.45) is 0 Å². The van der Waals surface area contributed by atoms with Crippen LogP contribution in [0.4, 0.5) is 0 Å². The molecular weight excluding hydrogens is 301 g/mol. The lowest BCUT2D eigenvalue weighted by Crippen LogP contribution is -2.36. The number of nitrogens with one attached hydrogen (secondary N) is 1. The van der Waals surface area contributed by atoms with E-state index in [-0.39, 0.29) is 5.54 Å². The van der Waals surface area contributed by atoms with Gasteiger partial charge in [0.1, 0.15) is 0 Å². The Bertz CT molecular complexity index is 473. The zero-order valence-corrected chi connectivity index (χ0v) is 14.0. The lowest BCUT2D eigenvalue weighted by Gasteiger charge is -2.21. The van der Waals surface area contributed by atoms with Crippen LogP contribution in [0.15, 0.2) is 17.7 Å². The van der Waals surface area contributed by atoms with Gasteiger partial charge in [0.05, 0.1) is 10.0 Å². The quantitative estimate of drug-likeness (QED) is 0.688. The molecule has 19 heavy (non-hydrogen) atoms. The fourth-order valence-corrected chi connectivity index (χ4v) is 2.18. The SMILES string of the molecule is CC/C(=C/c1c(Cl)ccc(Cl)c1Cl)CNC(C)(C)C. The lowest BCUT2D eigenvalue weighted by molar-refractivity contribution is 0.443. The highest BCUT2D eigenvalue weighted by Gasteiger charge is 2.11. The van der Waals surface area contributed by atoms with E-state index in [0.29, 0.717) is 15.1 Å². The van der Waals surface area contributed by atoms with Crippen LogP contribution in [0.1, 0.15) is 39.7 Å². The molecule has 0 heterocycles. The van der Waals surface area contributed by atoms with Crippen LogP contribution in [0.5, 0.6) is 0 Å². The van der Waals surface area contributed by atoms with E-state index in [2.05, 4.69) is 33.0 Å². The monoisotopic (exact) mass is 319 g/mol. The van der Waals surface area contributed by atoms with Crippen molar-refractivity contribution in [2.75, 3.05) is 6.54 Å². The zero-order chi connectivity index (χ0) is 14.6. The van der Waals surface area contributed by atoms with E-state index in [1.54, 1.807) is 12.1 Å². The van der Waals surface area contributed by atoms with Crippen molar-refractivity contribution in [3.63, 3.8) is 0 Å². The van der Waals surface area contributed by atoms with Crippen LogP contribution >= 0.6 is 34.8 Å². The van der Waals surface area contributed by atoms with Crippen LogP contribution < -0.4 is 5.32 Å². The molecule has 0 saturated carbocycles. The van der Waals surface area contributed by atoms with E-state index < -0.39 is 0 Å². The van der Waals surface area contributed by atoms with Gasteiger partial charge in [-0.2, -0.15) is 0 Å². The number of hydrogen-bond acceptors (Lipinski definition) is 1. The van der Waals surface area contributed by atoms with Gasteiger partial charge < -0.3 is 5.32 Å². The minimum Gasteiger partial charge on any atom is -0.308 e. The first kappa shape index (κ1) is 16.8. The smallest absolute Gasteiger partial charge is 0.0679 e. The zero-order valence-electron chi connectivity index (χ0n) is 11.8. The molecule has 1 nitrogen and oxygen atoms in total. The van der Waals surface area contributed by atoms with E-state index in [1.165, 1.54) is 5.57 Å². The molecule has 0 saturated heterocycles. The standard InChI is InChI=1S/C15H20Cl3N/c1-5-10(9-19-15(2,3)4)8-11-12(16)6-7-13(17)14(11)18/h6-8,19H,5,9H2,1-4H3/b10-8-. The van der Waals surface area contributed by atoms with Gasteiger partial charge in [-0.3, -0.25) is 0 Å². The van der Waals surface area contributed by atoms with Crippen LogP contribution in [0, 0.1) is 0 Å². The summed E-state index contributed by atoms with van der Waals surface area (Å²) >= 11 is 18.4. The number of hydrogen-bond donors (Lipinski definition) is 1. The summed E-state index contributed by atoms with van der Waals surface area (Å²) in [5, 5.41) is 5.12. The third-order valence-electron chi connectivity index (χ3n) is 2.73. The second-order valence-electron chi connectivity index (χ2n) is 5.52. The fourth-order valence-electron chi connectivity index (χ4n) is 1.54. The van der Waals surface area contributed by atoms with Crippen molar-refractivity contribution >= 4 is 40.9 Å². The van der Waals surface area contributed by atoms with Crippen molar-refractivity contribution in [3.05, 3.63) is 38.3 Å². The maximum atomic E-state index is 6.21. The molecule has 0 bridgehead atoms. The van der Waals surface area contributed by atoms with Gasteiger partial charge in [0.25, 0.3) is 0 Å². The third-order valence-corrected chi connectivity index (χ3v) is 3.88. The van der Waals surface area contributed by atoms with E-state index in [4.69, 9.17) is 34.8 Å². The van der Waals surface area contributed by atoms with Crippen molar-refractivity contribution in [3.8, 4) is 0 Å². The van der Waals surface area contributed by atoms with E-state index in [9.17, 15) is 0 Å². The van der Waals surface area contributed by atoms with E-state index >= 15 is 0 Å². The molecule has 0 aliphatic heterocycles. The van der Waals surface area contributed by atoms with Crippen molar-refractivity contribution < 1.29 is 0 Å². The van der Waals surface area contributed by atoms with Crippen LogP contribution in [0.25, 0.3) is 6.08 Å². The van der Waals surface area contributed by atoms with E-state index in [0.717, 1.165) is 18.5 Å². The predicted octanol–water partition coefficient (Wildman–Crippen LogP) is 5.83. The summed E-state index contributed by atoms with van der Waals surface area (Å²) in [5.74, 6) is 0. The Kier molecular flexibility index (Phi) is 6.19. The first-order valence-electron chi connectivity index (χ1n) is 6.32. The topological polar surface area (TPSA) is 12.0 Å². The molecular formula is C15H20Cl3N. The molecule has 0 spiro atoms. The molecule has 1 aromatic rings. The Morgan fingerprint density at radius 3 is 2.26 bits per heavy atom. The molecule has 0 aliphatic rings. The highest BCUT2D eigenvalue weighted by atomic mass is 35.5. The number of benzene rings is 1. The molecule has 0 amide bonds. The second-order valence-corrected chi connectivity index (χ2v) is 6.71. The molecule has 0 radical (unpaired) electrons. The molecule has 1 rings (SSSR count). The van der Waals surface area contributed by atoms with Crippen molar-refractivity contribution in [1.29, 1.82) is 0 Å². The molecule has 0 aliphatic carbocycles. The largest absolute Gasteiger partial charge is 0.308 e. The van der Waals surface area contributed by atoms with Crippen LogP contribution in [0.2, 0.25) is 15.1 Å². The molecule has 106 valence electrons. The van der Waals surface area contributed by atoms with Crippen molar-refractivity contribution in [2.45, 2.75) is 39.7 Å². The van der Waals surface area contributed by atoms with Gasteiger partial charge in [0.2, 0.25) is 0 Å². The number of rotatable bonds is 4. The second kappa shape index (κ2) is 6.99. The van der Waals surface area contributed by atoms with Gasteiger partial charge >= 0.3 is 0 Å². The first-order valence-corrected chi connectivity index (χ1v) is 7.46. The average Bonchev–Trinajstić information content (AvgIpc) is 2.32. The van der Waals surface area contributed by atoms with Crippen LogP contribution in [0.3, 0.4) is 0 Å². The maximum Gasteiger partial charge on any atom is 0.0679 e. The molecule has 0 unspecified atom stereocenters. The van der Waals surface area contributed by atoms with E-state index in [1.807, 2.05) is 6.08 Å². The Morgan fingerprint density at radius 1 is 1.16 bits per heavy atom. The fraction of sp³-hybridized carbons (Fsp3) is 0.467. The predicted molar refractivity (Wildman–Crippen MR) is 87.5 cm³/mol. The number of halogens is 3. The lowest BCUT2D eigenvalue weighted by atomic mass is 10.1. The van der Waals surface area contributed by atoms with Crippen LogP contribution in [-0.4, -0.2) is 12.1 Å². The Morgan fingerprint density at radius 2 is 1.74 bits per heavy atom. The maximum absolute atomic E-state index is 6.21. The van der Waals surface area contributed by atoms with Gasteiger partial charge in [-0.1, -0.05) is 53.4 Å². The molecule has 0 aromatic heterocycles. The summed E-state index contributed by atoms with van der Waals surface area (Å²) in [4.78, 5) is 0. The Balaban J connectivity index is 3.01. The van der Waals surface area contributed by atoms with Gasteiger partial charge in [-0.25, -0.2) is 0 Å². The first-order chi connectivity index (χ1) is 8.74. The summed E-state index contributed by atoms with van der Waals surface area (Å²) in [6, 6.07) is 3.48. The molecule has 4 heteroatoms. The van der Waals surface area contributed by atoms with Gasteiger partial charge in [0, 0.05) is 22.7 Å². The summed E-state index contributed by atoms with van der Waals surface area (Å²) in [5.41, 5.74) is 2.11. The Labute approximate surface area is 130 Å². The van der Waals surface area contributed by atoms with Gasteiger partial charge in [-0.15, -0.1) is 0 Å². The summed E-state index contributed by atoms with van der Waals surface area (Å²) in [6.45, 7) is 9.33. The summed E-state index contributed by atoms with van der Waals surface area (Å²) in [6.07, 6.45) is 2.96. The summed E-state index contributed by atoms with van der Waals surface area (Å²) < 4.78 is 0. The van der Waals surface area contributed by atoms with Crippen molar-refractivity contribution in [1.82, 2.24) is 5.32 Å². The molecule has 0 atom stereocenters. The molecule has 1 N–H and O–H groups in total. The normalized spacial score (nSPS) is 12.9. The van der Waals surface area contributed by atoms with Crippen LogP contribution in [-0.2, 0) is 0 Å². The van der Waals surface area contributed by atoms with Gasteiger partial charge in [-0.05, 0) is 39.3 Å². The third kappa shape index (κ3) is 5.35. The summed E-state index contributed by atoms with van der Waals surface area (Å²) in [7, 11) is 0. The minimum absolute atomic E-state index is 0.0795. The highest BCUT2D eigenvalue weighted by molar-refractivity contribution is 6.44. The average molecular weight is 321 g/mol. The minimum atomic E-state index is 0.0795. The highest BCUT2D eigenvalue weighted by Crippen LogP contribution is 2.33. The Hall–Kier alpha value is -0.210.